The smallest absolute Gasteiger partial charge is 0.234 e. The molecule has 4 aliphatic rings. The molecule has 3 amide bonds. The van der Waals surface area contributed by atoms with Gasteiger partial charge in [-0.25, -0.2) is 13.8 Å². The number of carbonyl (C=O) groups is 3. The highest BCUT2D eigenvalue weighted by molar-refractivity contribution is 9.10. The van der Waals surface area contributed by atoms with E-state index in [0.717, 1.165) is 79.0 Å². The average Bonchev–Trinajstić information content (AvgIpc) is 3.83. The number of pyridine rings is 1. The van der Waals surface area contributed by atoms with E-state index in [4.69, 9.17) is 14.7 Å². The van der Waals surface area contributed by atoms with Crippen LogP contribution in [0, 0.1) is 24.5 Å². The van der Waals surface area contributed by atoms with Crippen molar-refractivity contribution in [2.24, 2.45) is 5.92 Å². The van der Waals surface area contributed by atoms with Gasteiger partial charge in [0.05, 0.1) is 40.3 Å². The van der Waals surface area contributed by atoms with Gasteiger partial charge in [0.1, 0.15) is 30.3 Å². The lowest BCUT2D eigenvalue weighted by Gasteiger charge is -2.44. The summed E-state index contributed by atoms with van der Waals surface area (Å²) in [5.74, 6) is -2.52. The number of methoxy groups -OCH3 is 1. The van der Waals surface area contributed by atoms with Gasteiger partial charge in [-0.1, -0.05) is 13.0 Å². The van der Waals surface area contributed by atoms with Crippen molar-refractivity contribution in [2.45, 2.75) is 64.3 Å². The van der Waals surface area contributed by atoms with Gasteiger partial charge in [0, 0.05) is 110 Å². The van der Waals surface area contributed by atoms with Gasteiger partial charge < -0.3 is 34.6 Å². The highest BCUT2D eigenvalue weighted by atomic mass is 79.9. The molecule has 4 saturated heterocycles. The molecule has 364 valence electrons. The minimum atomic E-state index is -2.75. The number of piperazine rings is 1. The SMILES string of the molecule is CCc1ccc2c(P(C)(C)=O)c(Nc3nc(Nc4cc(C)c(N5CCC(N6CCN(C(=O)[C@@H]7CCN(c8cc(F)c([C@H]9CCC(=O)NC9=O)c(F)c8)C7)CC6)CC5)cc4OC)ncc3Br)ccc2n1. The highest BCUT2D eigenvalue weighted by Crippen LogP contribution is 2.43. The maximum Gasteiger partial charge on any atom is 0.234 e. The van der Waals surface area contributed by atoms with Gasteiger partial charge in [-0.3, -0.25) is 29.6 Å². The van der Waals surface area contributed by atoms with Crippen LogP contribution in [0.1, 0.15) is 61.8 Å². The number of hydrogen-bond donors (Lipinski definition) is 3. The lowest BCUT2D eigenvalue weighted by molar-refractivity contribution is -0.137. The fourth-order valence-electron chi connectivity index (χ4n) is 10.4. The van der Waals surface area contributed by atoms with Crippen molar-refractivity contribution in [1.82, 2.24) is 30.1 Å². The van der Waals surface area contributed by atoms with Crippen molar-refractivity contribution in [2.75, 3.05) is 93.2 Å². The van der Waals surface area contributed by atoms with Crippen LogP contribution in [0.5, 0.6) is 5.75 Å². The van der Waals surface area contributed by atoms with E-state index < -0.39 is 36.5 Å². The predicted molar refractivity (Wildman–Crippen MR) is 269 cm³/mol. The molecule has 0 aliphatic carbocycles. The van der Waals surface area contributed by atoms with Gasteiger partial charge in [-0.05, 0) is 110 Å². The Labute approximate surface area is 409 Å². The summed E-state index contributed by atoms with van der Waals surface area (Å²) in [7, 11) is -1.11. The number of amides is 3. The first-order chi connectivity index (χ1) is 33.1. The van der Waals surface area contributed by atoms with Gasteiger partial charge in [0.2, 0.25) is 23.7 Å². The molecule has 69 heavy (non-hydrogen) atoms. The molecule has 4 fully saturated rings. The van der Waals surface area contributed by atoms with Crippen molar-refractivity contribution in [3.05, 3.63) is 87.7 Å². The molecule has 2 aromatic heterocycles. The average molecular weight is 1030 g/mol. The van der Waals surface area contributed by atoms with Gasteiger partial charge in [0.25, 0.3) is 0 Å². The molecule has 0 bridgehead atoms. The Kier molecular flexibility index (Phi) is 14.0. The van der Waals surface area contributed by atoms with Crippen LogP contribution in [0.2, 0.25) is 0 Å². The second-order valence-corrected chi connectivity index (χ2v) is 22.9. The minimum Gasteiger partial charge on any atom is -0.494 e. The molecule has 9 rings (SSSR count). The van der Waals surface area contributed by atoms with Gasteiger partial charge in [-0.2, -0.15) is 4.98 Å². The summed E-state index contributed by atoms with van der Waals surface area (Å²) >= 11 is 3.61. The first-order valence-electron chi connectivity index (χ1n) is 23.7. The number of carbonyl (C=O) groups excluding carboxylic acids is 3. The molecule has 0 saturated carbocycles. The number of imide groups is 1. The van der Waals surface area contributed by atoms with Crippen molar-refractivity contribution in [1.29, 1.82) is 0 Å². The largest absolute Gasteiger partial charge is 0.494 e. The number of aromatic nitrogens is 3. The molecular formula is C50H58BrF2N10O5P. The van der Waals surface area contributed by atoms with E-state index in [-0.39, 0.29) is 30.2 Å². The summed E-state index contributed by atoms with van der Waals surface area (Å²) in [6.45, 7) is 13.1. The maximum absolute atomic E-state index is 15.3. The van der Waals surface area contributed by atoms with Crippen LogP contribution in [-0.2, 0) is 25.4 Å². The molecule has 3 N–H and O–H groups in total. The molecule has 6 heterocycles. The number of piperidine rings is 2. The Hall–Kier alpha value is -5.71. The molecule has 2 atom stereocenters. The summed E-state index contributed by atoms with van der Waals surface area (Å²) in [4.78, 5) is 60.5. The third kappa shape index (κ3) is 10.2. The molecule has 3 aromatic carbocycles. The number of fused-ring (bicyclic) bond motifs is 1. The van der Waals surface area contributed by atoms with Gasteiger partial charge in [-0.15, -0.1) is 0 Å². The summed E-state index contributed by atoms with van der Waals surface area (Å²) in [5.41, 5.74) is 5.38. The standard InChI is InChI=1S/C50H58BrF2N10O5P/c1-6-31-7-8-34-39(55-31)10-11-40(46(34)69(4,5)67)56-47-36(51)27-54-50(59-47)57-41-23-29(2)42(26-43(41)68-3)61-17-14-32(15-18-61)60-19-21-62(22-20-60)49(66)30-13-16-63(28-30)33-24-37(52)45(38(53)25-33)35-9-12-44(64)58-48(35)65/h7-8,10-11,23-27,30,32,35H,6,9,12-22,28H2,1-5H3,(H,58,64,65)(H2,54,56,57,59)/t30-,35-/m1/s1. The van der Waals surface area contributed by atoms with Crippen LogP contribution in [0.15, 0.2) is 59.2 Å². The number of rotatable bonds is 12. The lowest BCUT2D eigenvalue weighted by Crippen LogP contribution is -2.55. The van der Waals surface area contributed by atoms with Crippen LogP contribution in [0.3, 0.4) is 0 Å². The zero-order valence-electron chi connectivity index (χ0n) is 39.6. The molecule has 19 heteroatoms. The number of nitrogens with one attached hydrogen (secondary N) is 3. The number of hydrogen-bond acceptors (Lipinski definition) is 13. The fourth-order valence-corrected chi connectivity index (χ4v) is 12.2. The highest BCUT2D eigenvalue weighted by Gasteiger charge is 2.37. The van der Waals surface area contributed by atoms with E-state index in [1.54, 1.807) is 26.6 Å². The second-order valence-electron chi connectivity index (χ2n) is 18.9. The Morgan fingerprint density at radius 3 is 2.30 bits per heavy atom. The lowest BCUT2D eigenvalue weighted by atomic mass is 9.89. The number of nitrogens with zero attached hydrogens (tertiary/aromatic N) is 7. The van der Waals surface area contributed by atoms with E-state index in [2.05, 4.69) is 72.6 Å². The maximum atomic E-state index is 15.3. The second kappa shape index (κ2) is 20.0. The third-order valence-electron chi connectivity index (χ3n) is 14.1. The van der Waals surface area contributed by atoms with E-state index in [9.17, 15) is 18.9 Å². The summed E-state index contributed by atoms with van der Waals surface area (Å²) in [5, 5.41) is 10.5. The van der Waals surface area contributed by atoms with Crippen LogP contribution in [-0.4, -0.2) is 121 Å². The van der Waals surface area contributed by atoms with Crippen LogP contribution in [0.25, 0.3) is 10.9 Å². The molecular weight excluding hydrogens is 969 g/mol. The third-order valence-corrected chi connectivity index (χ3v) is 16.2. The van der Waals surface area contributed by atoms with E-state index in [1.165, 1.54) is 12.1 Å². The molecule has 5 aromatic rings. The van der Waals surface area contributed by atoms with Crippen molar-refractivity contribution >= 4 is 91.5 Å². The molecule has 0 radical (unpaired) electrons. The normalized spacial score (nSPS) is 19.6. The zero-order valence-corrected chi connectivity index (χ0v) is 42.1. The Morgan fingerprint density at radius 2 is 1.62 bits per heavy atom. The quantitative estimate of drug-likeness (QED) is 0.0819. The molecule has 4 aliphatic heterocycles. The van der Waals surface area contributed by atoms with Gasteiger partial charge in [0.15, 0.2) is 0 Å². The zero-order chi connectivity index (χ0) is 48.7. The number of halogens is 3. The first kappa shape index (κ1) is 48.3. The van der Waals surface area contributed by atoms with Crippen molar-refractivity contribution in [3.63, 3.8) is 0 Å². The van der Waals surface area contributed by atoms with Crippen molar-refractivity contribution < 1.29 is 32.5 Å². The number of ether oxygens (including phenoxy) is 1. The van der Waals surface area contributed by atoms with Crippen LogP contribution >= 0.6 is 23.1 Å². The number of anilines is 6. The fraction of sp³-hybridized carbons (Fsp3) is 0.440. The monoisotopic (exact) mass is 1030 g/mol. The minimum absolute atomic E-state index is 0.0261. The summed E-state index contributed by atoms with van der Waals surface area (Å²) in [6, 6.07) is 14.8. The first-order valence-corrected chi connectivity index (χ1v) is 27.1. The molecule has 15 nitrogen and oxygen atoms in total. The van der Waals surface area contributed by atoms with E-state index in [1.807, 2.05) is 34.1 Å². The van der Waals surface area contributed by atoms with Gasteiger partial charge >= 0.3 is 0 Å². The molecule has 0 unspecified atom stereocenters. The Balaban J connectivity index is 0.786. The molecule has 0 spiro atoms. The topological polar surface area (TPSA) is 165 Å². The van der Waals surface area contributed by atoms with Crippen LogP contribution < -0.4 is 35.8 Å². The van der Waals surface area contributed by atoms with Crippen LogP contribution in [0.4, 0.5) is 43.3 Å². The van der Waals surface area contributed by atoms with Crippen molar-refractivity contribution in [3.8, 4) is 5.75 Å². The van der Waals surface area contributed by atoms with E-state index in [0.29, 0.717) is 77.3 Å². The Morgan fingerprint density at radius 1 is 0.899 bits per heavy atom. The number of benzene rings is 3. The summed E-state index contributed by atoms with van der Waals surface area (Å²) in [6.07, 6.45) is 5.11. The number of aryl methyl sites for hydroxylation is 2. The van der Waals surface area contributed by atoms with E-state index >= 15 is 8.78 Å². The predicted octanol–water partition coefficient (Wildman–Crippen LogP) is 7.84. The Bertz CT molecular complexity index is 2850. The summed E-state index contributed by atoms with van der Waals surface area (Å²) < 4.78 is 50.9.